The number of phenolic OH excluding ortho intramolecular Hbond substituents is 1. The van der Waals surface area contributed by atoms with Crippen molar-refractivity contribution in [1.29, 1.82) is 0 Å². The van der Waals surface area contributed by atoms with Crippen LogP contribution in [0.15, 0.2) is 42.5 Å². The highest BCUT2D eigenvalue weighted by atomic mass is 16.6. The molecule has 0 saturated heterocycles. The molecule has 2 aromatic rings. The number of nitrogens with one attached hydrogen (secondary N) is 1. The number of esters is 1. The van der Waals surface area contributed by atoms with Crippen LogP contribution in [0.25, 0.3) is 0 Å². The summed E-state index contributed by atoms with van der Waals surface area (Å²) in [5, 5.41) is 23.1. The van der Waals surface area contributed by atoms with E-state index in [0.717, 1.165) is 24.8 Å². The number of rotatable bonds is 8. The van der Waals surface area contributed by atoms with E-state index in [0.29, 0.717) is 18.9 Å². The molecule has 0 radical (unpaired) electrons. The van der Waals surface area contributed by atoms with Gasteiger partial charge in [0.25, 0.3) is 0 Å². The molecular formula is C22H27NO5. The van der Waals surface area contributed by atoms with E-state index in [9.17, 15) is 15.0 Å². The normalized spacial score (nSPS) is 16.9. The van der Waals surface area contributed by atoms with E-state index < -0.39 is 6.10 Å². The molecule has 1 aliphatic rings. The quantitative estimate of drug-likeness (QED) is 0.605. The Morgan fingerprint density at radius 3 is 2.75 bits per heavy atom. The summed E-state index contributed by atoms with van der Waals surface area (Å²) in [4.78, 5) is 11.4. The fourth-order valence-corrected chi connectivity index (χ4v) is 3.44. The van der Waals surface area contributed by atoms with Crippen LogP contribution in [0, 0.1) is 0 Å². The Morgan fingerprint density at radius 1 is 1.21 bits per heavy atom. The van der Waals surface area contributed by atoms with Gasteiger partial charge in [0, 0.05) is 12.6 Å². The summed E-state index contributed by atoms with van der Waals surface area (Å²) in [6.45, 7) is 2.47. The van der Waals surface area contributed by atoms with Gasteiger partial charge < -0.3 is 25.0 Å². The fourth-order valence-electron chi connectivity index (χ4n) is 3.44. The summed E-state index contributed by atoms with van der Waals surface area (Å²) in [6, 6.07) is 12.8. The second-order valence-corrected chi connectivity index (χ2v) is 6.98. The Hall–Kier alpha value is -2.57. The van der Waals surface area contributed by atoms with Gasteiger partial charge in [-0.25, -0.2) is 4.79 Å². The number of hydrogen-bond acceptors (Lipinski definition) is 6. The summed E-state index contributed by atoms with van der Waals surface area (Å²) in [7, 11) is 0. The van der Waals surface area contributed by atoms with E-state index in [1.54, 1.807) is 31.2 Å². The average molecular weight is 385 g/mol. The molecule has 0 spiro atoms. The Morgan fingerprint density at radius 2 is 2.00 bits per heavy atom. The van der Waals surface area contributed by atoms with Crippen molar-refractivity contribution in [2.24, 2.45) is 0 Å². The second-order valence-electron chi connectivity index (χ2n) is 6.98. The topological polar surface area (TPSA) is 88.0 Å². The molecule has 3 N–H and O–H groups in total. The lowest BCUT2D eigenvalue weighted by Crippen LogP contribution is -2.37. The molecule has 3 rings (SSSR count). The zero-order valence-electron chi connectivity index (χ0n) is 16.1. The minimum atomic E-state index is -0.624. The number of aliphatic hydroxyl groups excluding tert-OH is 1. The first-order valence-corrected chi connectivity index (χ1v) is 9.65. The molecule has 0 saturated carbocycles. The maximum Gasteiger partial charge on any atom is 0.344 e. The van der Waals surface area contributed by atoms with Crippen molar-refractivity contribution in [2.75, 3.05) is 19.8 Å². The van der Waals surface area contributed by atoms with Crippen LogP contribution in [0.4, 0.5) is 0 Å². The molecule has 1 aliphatic carbocycles. The number of fused-ring (bicyclic) bond motifs is 1. The van der Waals surface area contributed by atoms with Gasteiger partial charge in [-0.05, 0) is 67.1 Å². The number of carbonyl (C=O) groups is 1. The molecule has 28 heavy (non-hydrogen) atoms. The third-order valence-corrected chi connectivity index (χ3v) is 4.95. The van der Waals surface area contributed by atoms with Crippen molar-refractivity contribution in [1.82, 2.24) is 5.32 Å². The van der Waals surface area contributed by atoms with Crippen LogP contribution >= 0.6 is 0 Å². The van der Waals surface area contributed by atoms with Crippen molar-refractivity contribution in [3.8, 4) is 11.5 Å². The number of benzene rings is 2. The molecule has 0 heterocycles. The first kappa shape index (κ1) is 20.2. The minimum absolute atomic E-state index is 0.0902. The first-order valence-electron chi connectivity index (χ1n) is 9.65. The maximum absolute atomic E-state index is 11.4. The van der Waals surface area contributed by atoms with Gasteiger partial charge in [-0.1, -0.05) is 18.2 Å². The Labute approximate surface area is 165 Å². The highest BCUT2D eigenvalue weighted by Crippen LogP contribution is 2.26. The fraction of sp³-hybridized carbons (Fsp3) is 0.409. The third-order valence-electron chi connectivity index (χ3n) is 4.95. The molecule has 0 amide bonds. The van der Waals surface area contributed by atoms with Crippen LogP contribution in [0.1, 0.15) is 36.1 Å². The predicted molar refractivity (Wildman–Crippen MR) is 105 cm³/mol. The summed E-state index contributed by atoms with van der Waals surface area (Å²) in [6.07, 6.45) is 2.17. The van der Waals surface area contributed by atoms with E-state index >= 15 is 0 Å². The molecule has 1 unspecified atom stereocenters. The van der Waals surface area contributed by atoms with Crippen molar-refractivity contribution in [2.45, 2.75) is 38.3 Å². The maximum atomic E-state index is 11.4. The van der Waals surface area contributed by atoms with Gasteiger partial charge in [0.2, 0.25) is 0 Å². The first-order chi connectivity index (χ1) is 13.5. The van der Waals surface area contributed by atoms with Crippen LogP contribution in [-0.4, -0.2) is 42.0 Å². The van der Waals surface area contributed by atoms with Crippen molar-refractivity contribution in [3.63, 3.8) is 0 Å². The molecule has 0 aliphatic heterocycles. The molecule has 0 aromatic heterocycles. The van der Waals surface area contributed by atoms with E-state index in [1.807, 2.05) is 12.1 Å². The molecule has 2 atom stereocenters. The summed E-state index contributed by atoms with van der Waals surface area (Å²) in [5.74, 6) is 0.480. The Balaban J connectivity index is 1.53. The monoisotopic (exact) mass is 385 g/mol. The molecule has 2 aromatic carbocycles. The lowest BCUT2D eigenvalue weighted by atomic mass is 9.88. The van der Waals surface area contributed by atoms with Gasteiger partial charge in [0.15, 0.2) is 6.61 Å². The predicted octanol–water partition coefficient (Wildman–Crippen LogP) is 2.51. The summed E-state index contributed by atoms with van der Waals surface area (Å²) >= 11 is 0. The Bertz CT molecular complexity index is 790. The molecule has 0 fully saturated rings. The number of aromatic hydroxyl groups is 1. The number of carbonyl (C=O) groups excluding carboxylic acids is 1. The van der Waals surface area contributed by atoms with Crippen LogP contribution in [0.5, 0.6) is 11.5 Å². The lowest BCUT2D eigenvalue weighted by molar-refractivity contribution is -0.145. The molecule has 6 nitrogen and oxygen atoms in total. The van der Waals surface area contributed by atoms with Crippen molar-refractivity contribution < 1.29 is 24.5 Å². The number of aryl methyl sites for hydroxylation is 1. The molecular weight excluding hydrogens is 358 g/mol. The van der Waals surface area contributed by atoms with Gasteiger partial charge >= 0.3 is 5.97 Å². The highest BCUT2D eigenvalue weighted by Gasteiger charge is 2.20. The van der Waals surface area contributed by atoms with Gasteiger partial charge in [-0.3, -0.25) is 0 Å². The van der Waals surface area contributed by atoms with Crippen LogP contribution in [-0.2, 0) is 22.4 Å². The smallest absolute Gasteiger partial charge is 0.344 e. The van der Waals surface area contributed by atoms with Gasteiger partial charge in [0.1, 0.15) is 11.5 Å². The largest absolute Gasteiger partial charge is 0.508 e. The zero-order chi connectivity index (χ0) is 19.9. The van der Waals surface area contributed by atoms with E-state index in [2.05, 4.69) is 11.4 Å². The second kappa shape index (κ2) is 9.57. The minimum Gasteiger partial charge on any atom is -0.508 e. The number of hydrogen-bond donors (Lipinski definition) is 3. The highest BCUT2D eigenvalue weighted by molar-refractivity contribution is 5.71. The molecule has 150 valence electrons. The zero-order valence-corrected chi connectivity index (χ0v) is 16.1. The van der Waals surface area contributed by atoms with Gasteiger partial charge in [-0.2, -0.15) is 0 Å². The van der Waals surface area contributed by atoms with Crippen molar-refractivity contribution in [3.05, 3.63) is 59.2 Å². The van der Waals surface area contributed by atoms with Crippen LogP contribution < -0.4 is 10.1 Å². The standard InChI is InChI=1S/C22H27NO5/c1-2-27-22(26)14-28-20-10-6-15-3-7-18(11-17(15)12-20)23-13-21(25)16-4-8-19(24)9-5-16/h4-6,8-10,12,18,21,23-25H,2-3,7,11,13-14H2,1H3/t18?,21-/m1/s1. The van der Waals surface area contributed by atoms with Crippen molar-refractivity contribution >= 4 is 5.97 Å². The summed E-state index contributed by atoms with van der Waals surface area (Å²) in [5.41, 5.74) is 3.26. The SMILES string of the molecule is CCOC(=O)COc1ccc2c(c1)CC(NC[C@@H](O)c1ccc(O)cc1)CC2. The molecule has 6 heteroatoms. The third kappa shape index (κ3) is 5.47. The van der Waals surface area contributed by atoms with Gasteiger partial charge in [0.05, 0.1) is 12.7 Å². The summed E-state index contributed by atoms with van der Waals surface area (Å²) < 4.78 is 10.4. The molecule has 0 bridgehead atoms. The Kier molecular flexibility index (Phi) is 6.90. The van der Waals surface area contributed by atoms with E-state index in [4.69, 9.17) is 9.47 Å². The van der Waals surface area contributed by atoms with E-state index in [1.165, 1.54) is 11.1 Å². The number of ether oxygens (including phenoxy) is 2. The average Bonchev–Trinajstić information content (AvgIpc) is 2.71. The van der Waals surface area contributed by atoms with Crippen LogP contribution in [0.2, 0.25) is 0 Å². The number of phenols is 1. The number of aliphatic hydroxyl groups is 1. The lowest BCUT2D eigenvalue weighted by Gasteiger charge is -2.27. The van der Waals surface area contributed by atoms with Gasteiger partial charge in [-0.15, -0.1) is 0 Å². The van der Waals surface area contributed by atoms with E-state index in [-0.39, 0.29) is 24.4 Å². The van der Waals surface area contributed by atoms with Crippen LogP contribution in [0.3, 0.4) is 0 Å².